The van der Waals surface area contributed by atoms with Gasteiger partial charge in [-0.2, -0.15) is 0 Å². The Bertz CT molecular complexity index is 584. The Morgan fingerprint density at radius 2 is 1.96 bits per heavy atom. The topological polar surface area (TPSA) is 53.0 Å². The second-order valence-electron chi connectivity index (χ2n) is 9.03. The minimum atomic E-state index is -0.490. The second-order valence-corrected chi connectivity index (χ2v) is 9.03. The SMILES string of the molecule is CCN1CCN(CC2C(=O)O[C@@H]3CC4=CCC[C@@H](C)[C@@]4(C)[C@@H](O)[C@H]23)CC1. The fourth-order valence-corrected chi connectivity index (χ4v) is 5.84. The van der Waals surface area contributed by atoms with Crippen molar-refractivity contribution in [3.05, 3.63) is 11.6 Å². The van der Waals surface area contributed by atoms with E-state index in [-0.39, 0.29) is 29.3 Å². The van der Waals surface area contributed by atoms with Crippen LogP contribution in [0.5, 0.6) is 0 Å². The highest BCUT2D eigenvalue weighted by atomic mass is 16.6. The smallest absolute Gasteiger partial charge is 0.311 e. The van der Waals surface area contributed by atoms with Crippen molar-refractivity contribution in [3.63, 3.8) is 0 Å². The van der Waals surface area contributed by atoms with Crippen molar-refractivity contribution >= 4 is 5.97 Å². The number of hydrogen-bond acceptors (Lipinski definition) is 5. The summed E-state index contributed by atoms with van der Waals surface area (Å²) in [5.41, 5.74) is 1.11. The number of carbonyl (C=O) groups is 1. The quantitative estimate of drug-likeness (QED) is 0.614. The van der Waals surface area contributed by atoms with Gasteiger partial charge in [0.15, 0.2) is 0 Å². The Labute approximate surface area is 157 Å². The molecule has 5 nitrogen and oxygen atoms in total. The average molecular weight is 363 g/mol. The molecule has 3 fully saturated rings. The minimum Gasteiger partial charge on any atom is -0.461 e. The van der Waals surface area contributed by atoms with Crippen LogP contribution in [0.2, 0.25) is 0 Å². The maximum absolute atomic E-state index is 12.7. The molecule has 0 bridgehead atoms. The van der Waals surface area contributed by atoms with E-state index >= 15 is 0 Å². The zero-order chi connectivity index (χ0) is 18.5. The number of aliphatic hydroxyl groups is 1. The van der Waals surface area contributed by atoms with Crippen LogP contribution in [0.25, 0.3) is 0 Å². The number of piperazine rings is 1. The summed E-state index contributed by atoms with van der Waals surface area (Å²) < 4.78 is 5.78. The Balaban J connectivity index is 1.52. The van der Waals surface area contributed by atoms with Crippen LogP contribution in [0.1, 0.15) is 40.0 Å². The molecule has 0 aromatic rings. The lowest BCUT2D eigenvalue weighted by molar-refractivity contribution is -0.145. The summed E-state index contributed by atoms with van der Waals surface area (Å²) >= 11 is 0. The Kier molecular flexibility index (Phi) is 4.91. The van der Waals surface area contributed by atoms with Crippen molar-refractivity contribution in [1.29, 1.82) is 0 Å². The third-order valence-electron chi connectivity index (χ3n) is 7.94. The van der Waals surface area contributed by atoms with E-state index in [4.69, 9.17) is 4.74 Å². The van der Waals surface area contributed by atoms with Crippen LogP contribution in [0.4, 0.5) is 0 Å². The van der Waals surface area contributed by atoms with Crippen molar-refractivity contribution in [2.24, 2.45) is 23.2 Å². The lowest BCUT2D eigenvalue weighted by atomic mass is 9.55. The summed E-state index contributed by atoms with van der Waals surface area (Å²) in [4.78, 5) is 17.5. The number of hydrogen-bond donors (Lipinski definition) is 1. The summed E-state index contributed by atoms with van der Waals surface area (Å²) in [7, 11) is 0. The number of aliphatic hydroxyl groups excluding tert-OH is 1. The van der Waals surface area contributed by atoms with Gasteiger partial charge in [0.25, 0.3) is 0 Å². The van der Waals surface area contributed by atoms with E-state index in [1.165, 1.54) is 5.57 Å². The zero-order valence-electron chi connectivity index (χ0n) is 16.5. The van der Waals surface area contributed by atoms with Crippen LogP contribution in [0, 0.1) is 23.2 Å². The predicted octanol–water partition coefficient (Wildman–Crippen LogP) is 1.91. The molecule has 0 aromatic carbocycles. The highest BCUT2D eigenvalue weighted by molar-refractivity contribution is 5.76. The molecule has 0 amide bonds. The Morgan fingerprint density at radius 1 is 1.27 bits per heavy atom. The van der Waals surface area contributed by atoms with E-state index in [2.05, 4.69) is 36.6 Å². The summed E-state index contributed by atoms with van der Waals surface area (Å²) in [5.74, 6) is 0.112. The molecule has 2 heterocycles. The van der Waals surface area contributed by atoms with Crippen LogP contribution in [-0.2, 0) is 9.53 Å². The molecular weight excluding hydrogens is 328 g/mol. The monoisotopic (exact) mass is 362 g/mol. The maximum Gasteiger partial charge on any atom is 0.311 e. The van der Waals surface area contributed by atoms with E-state index in [1.54, 1.807) is 0 Å². The minimum absolute atomic E-state index is 0.0607. The maximum atomic E-state index is 12.7. The van der Waals surface area contributed by atoms with Crippen LogP contribution < -0.4 is 0 Å². The fraction of sp³-hybridized carbons (Fsp3) is 0.857. The lowest BCUT2D eigenvalue weighted by Gasteiger charge is -2.52. The van der Waals surface area contributed by atoms with Crippen LogP contribution in [0.3, 0.4) is 0 Å². The number of fused-ring (bicyclic) bond motifs is 2. The van der Waals surface area contributed by atoms with Gasteiger partial charge in [-0.15, -0.1) is 0 Å². The molecule has 6 atom stereocenters. The zero-order valence-corrected chi connectivity index (χ0v) is 16.5. The fourth-order valence-electron chi connectivity index (χ4n) is 5.84. The Hall–Kier alpha value is -0.910. The van der Waals surface area contributed by atoms with Gasteiger partial charge in [0.2, 0.25) is 0 Å². The molecule has 2 aliphatic carbocycles. The molecule has 5 heteroatoms. The molecule has 1 N–H and O–H groups in total. The lowest BCUT2D eigenvalue weighted by Crippen LogP contribution is -2.55. The average Bonchev–Trinajstić information content (AvgIpc) is 2.94. The first-order valence-corrected chi connectivity index (χ1v) is 10.5. The number of rotatable bonds is 3. The highest BCUT2D eigenvalue weighted by Crippen LogP contribution is 2.56. The van der Waals surface area contributed by atoms with Gasteiger partial charge < -0.3 is 14.7 Å². The van der Waals surface area contributed by atoms with Gasteiger partial charge >= 0.3 is 5.97 Å². The molecule has 0 aromatic heterocycles. The molecule has 26 heavy (non-hydrogen) atoms. The van der Waals surface area contributed by atoms with Crippen molar-refractivity contribution in [2.45, 2.75) is 52.2 Å². The van der Waals surface area contributed by atoms with Gasteiger partial charge in [-0.3, -0.25) is 9.69 Å². The summed E-state index contributed by atoms with van der Waals surface area (Å²) in [5, 5.41) is 11.4. The van der Waals surface area contributed by atoms with Crippen molar-refractivity contribution in [1.82, 2.24) is 9.80 Å². The molecule has 4 aliphatic rings. The second kappa shape index (κ2) is 6.92. The standard InChI is InChI=1S/C21H34N2O3/c1-4-22-8-10-23(11-9-22)13-16-18-17(26-20(16)25)12-15-7-5-6-14(2)21(15,3)19(18)24/h7,14,16-19,24H,4-6,8-13H2,1-3H3/t14-,16?,17-,18-,19+,21-/m1/s1. The first kappa shape index (κ1) is 18.5. The van der Waals surface area contributed by atoms with Gasteiger partial charge in [-0.25, -0.2) is 0 Å². The largest absolute Gasteiger partial charge is 0.461 e. The molecule has 0 spiro atoms. The normalized spacial score (nSPS) is 44.2. The molecule has 146 valence electrons. The van der Waals surface area contributed by atoms with Crippen LogP contribution in [-0.4, -0.2) is 72.4 Å². The van der Waals surface area contributed by atoms with E-state index in [1.807, 2.05) is 0 Å². The number of allylic oxidation sites excluding steroid dienone is 1. The third-order valence-corrected chi connectivity index (χ3v) is 7.94. The summed E-state index contributed by atoms with van der Waals surface area (Å²) in [6.07, 6.45) is 4.68. The molecular formula is C21H34N2O3. The van der Waals surface area contributed by atoms with Gasteiger partial charge in [0.1, 0.15) is 6.10 Å². The van der Waals surface area contributed by atoms with Crippen LogP contribution in [0.15, 0.2) is 11.6 Å². The first-order valence-electron chi connectivity index (χ1n) is 10.5. The molecule has 1 saturated carbocycles. The third kappa shape index (κ3) is 2.83. The number of ether oxygens (including phenoxy) is 1. The van der Waals surface area contributed by atoms with Gasteiger partial charge in [0, 0.05) is 50.5 Å². The predicted molar refractivity (Wildman–Crippen MR) is 101 cm³/mol. The van der Waals surface area contributed by atoms with E-state index < -0.39 is 6.10 Å². The van der Waals surface area contributed by atoms with Crippen LogP contribution >= 0.6 is 0 Å². The molecule has 2 saturated heterocycles. The number of carbonyl (C=O) groups excluding carboxylic acids is 1. The summed E-state index contributed by atoms with van der Waals surface area (Å²) in [6, 6.07) is 0. The number of likely N-dealkylation sites (N-methyl/N-ethyl adjacent to an activating group) is 1. The van der Waals surface area contributed by atoms with Crippen molar-refractivity contribution < 1.29 is 14.6 Å². The molecule has 2 aliphatic heterocycles. The van der Waals surface area contributed by atoms with E-state index in [0.717, 1.165) is 58.5 Å². The van der Waals surface area contributed by atoms with Gasteiger partial charge in [0.05, 0.1) is 12.0 Å². The van der Waals surface area contributed by atoms with Crippen molar-refractivity contribution in [3.8, 4) is 0 Å². The Morgan fingerprint density at radius 3 is 2.65 bits per heavy atom. The summed E-state index contributed by atoms with van der Waals surface area (Å²) in [6.45, 7) is 12.6. The number of esters is 1. The van der Waals surface area contributed by atoms with Gasteiger partial charge in [-0.1, -0.05) is 32.4 Å². The molecule has 1 unspecified atom stereocenters. The molecule has 0 radical (unpaired) electrons. The van der Waals surface area contributed by atoms with E-state index in [0.29, 0.717) is 5.92 Å². The first-order chi connectivity index (χ1) is 12.4. The highest BCUT2D eigenvalue weighted by Gasteiger charge is 2.59. The molecule has 4 rings (SSSR count). The van der Waals surface area contributed by atoms with Crippen molar-refractivity contribution in [2.75, 3.05) is 39.3 Å². The van der Waals surface area contributed by atoms with E-state index in [9.17, 15) is 9.90 Å². The number of nitrogens with zero attached hydrogens (tertiary/aromatic N) is 2. The van der Waals surface area contributed by atoms with Gasteiger partial charge in [-0.05, 0) is 25.3 Å².